The van der Waals surface area contributed by atoms with Crippen molar-refractivity contribution in [3.05, 3.63) is 0 Å². The third-order valence-electron chi connectivity index (χ3n) is 1.63. The molecule has 1 aliphatic carbocycles. The zero-order valence-corrected chi connectivity index (χ0v) is 6.84. The number of hydrogen-bond acceptors (Lipinski definition) is 2. The lowest BCUT2D eigenvalue weighted by atomic mass is 10.4. The minimum Gasteiger partial charge on any atom is -0.324 e. The molecule has 0 aromatic rings. The van der Waals surface area contributed by atoms with Gasteiger partial charge in [0.25, 0.3) is 0 Å². The molecule has 0 unspecified atom stereocenters. The molecule has 2 heteroatoms. The highest BCUT2D eigenvalue weighted by Crippen LogP contribution is 2.35. The van der Waals surface area contributed by atoms with E-state index in [1.54, 1.807) is 0 Å². The Labute approximate surface area is 61.4 Å². The molecule has 1 aliphatic rings. The third-order valence-corrected chi connectivity index (χ3v) is 3.11. The summed E-state index contributed by atoms with van der Waals surface area (Å²) in [5.74, 6) is 2.46. The van der Waals surface area contributed by atoms with Crippen molar-refractivity contribution in [2.24, 2.45) is 5.73 Å². The summed E-state index contributed by atoms with van der Waals surface area (Å²) in [6.07, 6.45) is 3.79. The molecule has 1 nitrogen and oxygen atoms in total. The molecular weight excluding hydrogens is 130 g/mol. The van der Waals surface area contributed by atoms with Gasteiger partial charge >= 0.3 is 0 Å². The molecule has 54 valence electrons. The van der Waals surface area contributed by atoms with E-state index in [-0.39, 0.29) is 5.54 Å². The van der Waals surface area contributed by atoms with Crippen LogP contribution in [0.25, 0.3) is 0 Å². The van der Waals surface area contributed by atoms with Crippen LogP contribution in [0.4, 0.5) is 0 Å². The van der Waals surface area contributed by atoms with Crippen LogP contribution in [0.3, 0.4) is 0 Å². The van der Waals surface area contributed by atoms with Gasteiger partial charge in [0, 0.05) is 11.3 Å². The number of rotatable bonds is 4. The Morgan fingerprint density at radius 2 is 2.22 bits per heavy atom. The summed E-state index contributed by atoms with van der Waals surface area (Å²) in [4.78, 5) is 0. The first-order chi connectivity index (χ1) is 4.27. The minimum atomic E-state index is 0.264. The predicted molar refractivity (Wildman–Crippen MR) is 43.8 cm³/mol. The molecule has 0 aliphatic heterocycles. The second kappa shape index (κ2) is 2.93. The second-order valence-electron chi connectivity index (χ2n) is 2.91. The Hall–Kier alpha value is 0.310. The molecule has 1 rings (SSSR count). The first-order valence-electron chi connectivity index (χ1n) is 3.63. The van der Waals surface area contributed by atoms with Crippen molar-refractivity contribution in [2.45, 2.75) is 31.7 Å². The fraction of sp³-hybridized carbons (Fsp3) is 1.00. The van der Waals surface area contributed by atoms with Crippen molar-refractivity contribution < 1.29 is 0 Å². The topological polar surface area (TPSA) is 26.0 Å². The van der Waals surface area contributed by atoms with Crippen molar-refractivity contribution in [3.8, 4) is 0 Å². The van der Waals surface area contributed by atoms with Gasteiger partial charge in [0.05, 0.1) is 0 Å². The van der Waals surface area contributed by atoms with Crippen LogP contribution < -0.4 is 5.73 Å². The van der Waals surface area contributed by atoms with Gasteiger partial charge in [-0.05, 0) is 25.0 Å². The lowest BCUT2D eigenvalue weighted by molar-refractivity contribution is 0.775. The van der Waals surface area contributed by atoms with Gasteiger partial charge in [-0.2, -0.15) is 11.8 Å². The molecule has 1 saturated carbocycles. The lowest BCUT2D eigenvalue weighted by Gasteiger charge is -2.05. The highest BCUT2D eigenvalue weighted by molar-refractivity contribution is 7.99. The van der Waals surface area contributed by atoms with Gasteiger partial charge in [-0.15, -0.1) is 0 Å². The van der Waals surface area contributed by atoms with E-state index in [0.717, 1.165) is 0 Å². The van der Waals surface area contributed by atoms with Crippen LogP contribution in [-0.2, 0) is 0 Å². The highest BCUT2D eigenvalue weighted by Gasteiger charge is 2.37. The lowest BCUT2D eigenvalue weighted by Crippen LogP contribution is -2.24. The summed E-state index contributed by atoms with van der Waals surface area (Å²) in [6.45, 7) is 2.21. The summed E-state index contributed by atoms with van der Waals surface area (Å²) in [5.41, 5.74) is 6.13. The summed E-state index contributed by atoms with van der Waals surface area (Å²) < 4.78 is 0. The van der Waals surface area contributed by atoms with Gasteiger partial charge in [0.1, 0.15) is 0 Å². The van der Waals surface area contributed by atoms with Crippen molar-refractivity contribution in [2.75, 3.05) is 11.5 Å². The first kappa shape index (κ1) is 7.42. The summed E-state index contributed by atoms with van der Waals surface area (Å²) in [7, 11) is 0. The molecule has 1 fully saturated rings. The van der Waals surface area contributed by atoms with Crippen LogP contribution in [0.1, 0.15) is 26.2 Å². The largest absolute Gasteiger partial charge is 0.324 e. The molecule has 0 amide bonds. The van der Waals surface area contributed by atoms with E-state index in [1.165, 1.54) is 30.8 Å². The van der Waals surface area contributed by atoms with Crippen LogP contribution in [0, 0.1) is 0 Å². The molecule has 0 atom stereocenters. The van der Waals surface area contributed by atoms with Gasteiger partial charge in [-0.25, -0.2) is 0 Å². The van der Waals surface area contributed by atoms with Crippen LogP contribution in [0.15, 0.2) is 0 Å². The Kier molecular flexibility index (Phi) is 2.42. The molecule has 0 aromatic heterocycles. The summed E-state index contributed by atoms with van der Waals surface area (Å²) in [5, 5.41) is 0. The van der Waals surface area contributed by atoms with E-state index in [4.69, 9.17) is 5.73 Å². The smallest absolute Gasteiger partial charge is 0.0247 e. The van der Waals surface area contributed by atoms with Crippen molar-refractivity contribution >= 4 is 11.8 Å². The molecule has 0 aromatic carbocycles. The molecule has 9 heavy (non-hydrogen) atoms. The minimum absolute atomic E-state index is 0.264. The average Bonchev–Trinajstić information content (AvgIpc) is 2.50. The SMILES string of the molecule is CCCSCC1(N)CC1. The Morgan fingerprint density at radius 1 is 1.56 bits per heavy atom. The maximum Gasteiger partial charge on any atom is 0.0247 e. The molecule has 0 radical (unpaired) electrons. The van der Waals surface area contributed by atoms with E-state index in [1.807, 2.05) is 11.8 Å². The van der Waals surface area contributed by atoms with E-state index < -0.39 is 0 Å². The van der Waals surface area contributed by atoms with Crippen molar-refractivity contribution in [1.29, 1.82) is 0 Å². The number of hydrogen-bond donors (Lipinski definition) is 1. The van der Waals surface area contributed by atoms with Crippen molar-refractivity contribution in [3.63, 3.8) is 0 Å². The predicted octanol–water partition coefficient (Wildman–Crippen LogP) is 1.62. The molecular formula is C7H15NS. The van der Waals surface area contributed by atoms with E-state index in [0.29, 0.717) is 0 Å². The standard InChI is InChI=1S/C7H15NS/c1-2-5-9-6-7(8)3-4-7/h2-6,8H2,1H3. The Balaban J connectivity index is 1.92. The maximum atomic E-state index is 5.87. The highest BCUT2D eigenvalue weighted by atomic mass is 32.2. The van der Waals surface area contributed by atoms with Gasteiger partial charge in [-0.3, -0.25) is 0 Å². The van der Waals surface area contributed by atoms with E-state index in [2.05, 4.69) is 6.92 Å². The monoisotopic (exact) mass is 145 g/mol. The fourth-order valence-corrected chi connectivity index (χ4v) is 1.85. The average molecular weight is 145 g/mol. The molecule has 0 heterocycles. The van der Waals surface area contributed by atoms with Gasteiger partial charge in [0.2, 0.25) is 0 Å². The summed E-state index contributed by atoms with van der Waals surface area (Å²) >= 11 is 2.00. The van der Waals surface area contributed by atoms with Crippen LogP contribution in [-0.4, -0.2) is 17.0 Å². The van der Waals surface area contributed by atoms with Crippen LogP contribution >= 0.6 is 11.8 Å². The van der Waals surface area contributed by atoms with Crippen LogP contribution in [0.5, 0.6) is 0 Å². The third kappa shape index (κ3) is 2.59. The Morgan fingerprint density at radius 3 is 2.67 bits per heavy atom. The molecule has 0 bridgehead atoms. The maximum absolute atomic E-state index is 5.87. The first-order valence-corrected chi connectivity index (χ1v) is 4.79. The van der Waals surface area contributed by atoms with Gasteiger partial charge in [-0.1, -0.05) is 6.92 Å². The summed E-state index contributed by atoms with van der Waals surface area (Å²) in [6, 6.07) is 0. The van der Waals surface area contributed by atoms with Gasteiger partial charge in [0.15, 0.2) is 0 Å². The number of thioether (sulfide) groups is 1. The van der Waals surface area contributed by atoms with Crippen molar-refractivity contribution in [1.82, 2.24) is 0 Å². The van der Waals surface area contributed by atoms with E-state index in [9.17, 15) is 0 Å². The Bertz CT molecular complexity index is 88.9. The van der Waals surface area contributed by atoms with Gasteiger partial charge < -0.3 is 5.73 Å². The normalized spacial score (nSPS) is 22.0. The number of nitrogens with two attached hydrogens (primary N) is 1. The molecule has 0 saturated heterocycles. The van der Waals surface area contributed by atoms with Crippen LogP contribution in [0.2, 0.25) is 0 Å². The zero-order valence-electron chi connectivity index (χ0n) is 6.02. The second-order valence-corrected chi connectivity index (χ2v) is 4.02. The fourth-order valence-electron chi connectivity index (χ4n) is 0.725. The quantitative estimate of drug-likeness (QED) is 0.608. The zero-order chi connectivity index (χ0) is 6.74. The molecule has 2 N–H and O–H groups in total. The van der Waals surface area contributed by atoms with E-state index >= 15 is 0 Å². The molecule has 0 spiro atoms.